The van der Waals surface area contributed by atoms with E-state index in [1.165, 1.54) is 4.90 Å². The largest absolute Gasteiger partial charge is 0.386 e. The summed E-state index contributed by atoms with van der Waals surface area (Å²) in [5, 5.41) is 11.2. The van der Waals surface area contributed by atoms with Crippen LogP contribution < -0.4 is 0 Å². The summed E-state index contributed by atoms with van der Waals surface area (Å²) in [4.78, 5) is 27.2. The van der Waals surface area contributed by atoms with Crippen molar-refractivity contribution in [3.63, 3.8) is 0 Å². The number of amides is 2. The smallest absolute Gasteiger partial charge is 0.262 e. The van der Waals surface area contributed by atoms with Crippen LogP contribution >= 0.6 is 0 Å². The first-order valence-corrected chi connectivity index (χ1v) is 8.84. The van der Waals surface area contributed by atoms with Crippen molar-refractivity contribution in [1.82, 2.24) is 4.90 Å². The Labute approximate surface area is 157 Å². The minimum absolute atomic E-state index is 0.375. The molecular weight excluding hydrogens is 338 g/mol. The summed E-state index contributed by atoms with van der Waals surface area (Å²) < 4.78 is 0. The van der Waals surface area contributed by atoms with Gasteiger partial charge >= 0.3 is 0 Å². The Morgan fingerprint density at radius 1 is 0.704 bits per heavy atom. The summed E-state index contributed by atoms with van der Waals surface area (Å²) in [6.45, 7) is 1.97. The topological polar surface area (TPSA) is 57.6 Å². The molecule has 3 aromatic rings. The van der Waals surface area contributed by atoms with Crippen LogP contribution in [0.3, 0.4) is 0 Å². The number of fused-ring (bicyclic) bond motifs is 1. The van der Waals surface area contributed by atoms with Gasteiger partial charge in [-0.25, -0.2) is 0 Å². The molecule has 0 saturated carbocycles. The van der Waals surface area contributed by atoms with E-state index in [1.54, 1.807) is 24.3 Å². The summed E-state index contributed by atoms with van der Waals surface area (Å²) in [5.74, 6) is -0.758. The van der Waals surface area contributed by atoms with Crippen LogP contribution in [-0.4, -0.2) is 21.8 Å². The number of rotatable bonds is 4. The lowest BCUT2D eigenvalue weighted by Crippen LogP contribution is -2.37. The molecule has 2 atom stereocenters. The third kappa shape index (κ3) is 2.94. The number of nitrogens with zero attached hydrogens (tertiary/aromatic N) is 1. The lowest BCUT2D eigenvalue weighted by molar-refractivity contribution is 0.0330. The average molecular weight is 357 g/mol. The van der Waals surface area contributed by atoms with E-state index in [0.29, 0.717) is 22.3 Å². The van der Waals surface area contributed by atoms with E-state index in [1.807, 2.05) is 61.5 Å². The van der Waals surface area contributed by atoms with E-state index in [9.17, 15) is 14.7 Å². The molecule has 1 aliphatic heterocycles. The summed E-state index contributed by atoms with van der Waals surface area (Å²) >= 11 is 0. The Bertz CT molecular complexity index is 961. The van der Waals surface area contributed by atoms with E-state index in [2.05, 4.69) is 0 Å². The molecule has 1 heterocycles. The molecule has 2 unspecified atom stereocenters. The fourth-order valence-electron chi connectivity index (χ4n) is 3.53. The Kier molecular flexibility index (Phi) is 4.34. The first kappa shape index (κ1) is 17.2. The minimum Gasteiger partial charge on any atom is -0.386 e. The zero-order chi connectivity index (χ0) is 19.0. The molecule has 2 amide bonds. The van der Waals surface area contributed by atoms with Gasteiger partial charge in [0, 0.05) is 0 Å². The summed E-state index contributed by atoms with van der Waals surface area (Å²) in [6, 6.07) is 22.6. The zero-order valence-corrected chi connectivity index (χ0v) is 14.9. The van der Waals surface area contributed by atoms with Crippen molar-refractivity contribution >= 4 is 11.8 Å². The molecule has 4 rings (SSSR count). The van der Waals surface area contributed by atoms with Crippen molar-refractivity contribution in [1.29, 1.82) is 0 Å². The summed E-state index contributed by atoms with van der Waals surface area (Å²) in [6.07, 6.45) is -1.03. The van der Waals surface area contributed by atoms with Gasteiger partial charge in [-0.2, -0.15) is 0 Å². The predicted octanol–water partition coefficient (Wildman–Crippen LogP) is 4.07. The van der Waals surface area contributed by atoms with Gasteiger partial charge in [0.2, 0.25) is 0 Å². The number of aliphatic hydroxyl groups is 1. The maximum absolute atomic E-state index is 13.0. The second kappa shape index (κ2) is 6.82. The van der Waals surface area contributed by atoms with Crippen molar-refractivity contribution < 1.29 is 14.7 Å². The Hall–Kier alpha value is -3.24. The normalized spacial score (nSPS) is 15.6. The average Bonchev–Trinajstić information content (AvgIpc) is 2.95. The van der Waals surface area contributed by atoms with Gasteiger partial charge in [-0.05, 0) is 30.2 Å². The number of hydrogen-bond acceptors (Lipinski definition) is 3. The molecule has 0 spiro atoms. The molecule has 0 radical (unpaired) electrons. The second-order valence-corrected chi connectivity index (χ2v) is 6.74. The third-order valence-electron chi connectivity index (χ3n) is 4.96. The van der Waals surface area contributed by atoms with Gasteiger partial charge in [-0.15, -0.1) is 0 Å². The van der Waals surface area contributed by atoms with Crippen molar-refractivity contribution in [3.05, 3.63) is 107 Å². The fraction of sp³-hybridized carbons (Fsp3) is 0.130. The summed E-state index contributed by atoms with van der Waals surface area (Å²) in [7, 11) is 0. The highest BCUT2D eigenvalue weighted by atomic mass is 16.3. The molecule has 0 aromatic heterocycles. The highest BCUT2D eigenvalue weighted by molar-refractivity contribution is 6.21. The Balaban J connectivity index is 1.81. The van der Waals surface area contributed by atoms with E-state index in [4.69, 9.17) is 0 Å². The van der Waals surface area contributed by atoms with Gasteiger partial charge < -0.3 is 5.11 Å². The van der Waals surface area contributed by atoms with Crippen LogP contribution in [0.1, 0.15) is 49.6 Å². The Morgan fingerprint density at radius 2 is 1.22 bits per heavy atom. The lowest BCUT2D eigenvalue weighted by atomic mass is 9.94. The van der Waals surface area contributed by atoms with Crippen LogP contribution in [0.5, 0.6) is 0 Å². The molecule has 3 aromatic carbocycles. The fourth-order valence-corrected chi connectivity index (χ4v) is 3.53. The molecule has 27 heavy (non-hydrogen) atoms. The van der Waals surface area contributed by atoms with Crippen molar-refractivity contribution in [2.24, 2.45) is 0 Å². The number of carbonyl (C=O) groups is 2. The number of carbonyl (C=O) groups excluding carboxylic acids is 2. The SMILES string of the molecule is Cc1ccc(C(O)C(c2ccccc2)N2C(=O)c3ccccc3C2=O)cc1. The highest BCUT2D eigenvalue weighted by Gasteiger charge is 2.43. The van der Waals surface area contributed by atoms with Gasteiger partial charge in [0.25, 0.3) is 11.8 Å². The van der Waals surface area contributed by atoms with Crippen LogP contribution in [0, 0.1) is 6.92 Å². The van der Waals surface area contributed by atoms with Crippen molar-refractivity contribution in [2.75, 3.05) is 0 Å². The molecule has 4 nitrogen and oxygen atoms in total. The molecular formula is C23H19NO3. The molecule has 0 aliphatic carbocycles. The molecule has 0 fully saturated rings. The minimum atomic E-state index is -1.03. The van der Waals surface area contributed by atoms with E-state index >= 15 is 0 Å². The lowest BCUT2D eigenvalue weighted by Gasteiger charge is -2.31. The summed E-state index contributed by atoms with van der Waals surface area (Å²) in [5.41, 5.74) is 3.19. The van der Waals surface area contributed by atoms with E-state index in [0.717, 1.165) is 5.56 Å². The van der Waals surface area contributed by atoms with Crippen molar-refractivity contribution in [2.45, 2.75) is 19.1 Å². The molecule has 0 bridgehead atoms. The van der Waals surface area contributed by atoms with Crippen LogP contribution in [0.25, 0.3) is 0 Å². The highest BCUT2D eigenvalue weighted by Crippen LogP contribution is 2.39. The maximum Gasteiger partial charge on any atom is 0.262 e. The van der Waals surface area contributed by atoms with Gasteiger partial charge in [0.1, 0.15) is 6.10 Å². The van der Waals surface area contributed by atoms with E-state index < -0.39 is 12.1 Å². The molecule has 4 heteroatoms. The standard InChI is InChI=1S/C23H19NO3/c1-15-11-13-17(14-12-15)21(25)20(16-7-3-2-4-8-16)24-22(26)18-9-5-6-10-19(18)23(24)27/h2-14,20-21,25H,1H3. The monoisotopic (exact) mass is 357 g/mol. The number of aliphatic hydroxyl groups excluding tert-OH is 1. The number of imide groups is 1. The van der Waals surface area contributed by atoms with Crippen LogP contribution in [-0.2, 0) is 0 Å². The molecule has 1 aliphatic rings. The van der Waals surface area contributed by atoms with Crippen LogP contribution in [0.4, 0.5) is 0 Å². The molecule has 0 saturated heterocycles. The number of aryl methyl sites for hydroxylation is 1. The Morgan fingerprint density at radius 3 is 1.78 bits per heavy atom. The predicted molar refractivity (Wildman–Crippen MR) is 102 cm³/mol. The third-order valence-corrected chi connectivity index (χ3v) is 4.96. The van der Waals surface area contributed by atoms with Gasteiger partial charge in [0.05, 0.1) is 17.2 Å². The number of hydrogen-bond donors (Lipinski definition) is 1. The maximum atomic E-state index is 13.0. The van der Waals surface area contributed by atoms with Crippen LogP contribution in [0.2, 0.25) is 0 Å². The first-order chi connectivity index (χ1) is 13.1. The quantitative estimate of drug-likeness (QED) is 0.716. The first-order valence-electron chi connectivity index (χ1n) is 8.84. The zero-order valence-electron chi connectivity index (χ0n) is 14.9. The number of benzene rings is 3. The second-order valence-electron chi connectivity index (χ2n) is 6.74. The van der Waals surface area contributed by atoms with E-state index in [-0.39, 0.29) is 11.8 Å². The molecule has 1 N–H and O–H groups in total. The van der Waals surface area contributed by atoms with Gasteiger partial charge in [-0.1, -0.05) is 72.3 Å². The van der Waals surface area contributed by atoms with Crippen molar-refractivity contribution in [3.8, 4) is 0 Å². The van der Waals surface area contributed by atoms with Gasteiger partial charge in [0.15, 0.2) is 0 Å². The van der Waals surface area contributed by atoms with Crippen LogP contribution in [0.15, 0.2) is 78.9 Å². The van der Waals surface area contributed by atoms with Gasteiger partial charge in [-0.3, -0.25) is 14.5 Å². The molecule has 134 valence electrons.